The van der Waals surface area contributed by atoms with E-state index in [1.165, 1.54) is 0 Å². The van der Waals surface area contributed by atoms with Gasteiger partial charge in [-0.05, 0) is 40.0 Å². The number of aromatic nitrogens is 3. The van der Waals surface area contributed by atoms with Gasteiger partial charge in [0.05, 0.1) is 0 Å². The van der Waals surface area contributed by atoms with Crippen LogP contribution in [0.2, 0.25) is 0 Å². The summed E-state index contributed by atoms with van der Waals surface area (Å²) < 4.78 is 3.73. The SMILES string of the molecule is CCNC(=NCCCn1nc2n(c1=O)CCCC2)N1CCSC(C)(C)C1. The summed E-state index contributed by atoms with van der Waals surface area (Å²) in [6.45, 7) is 11.8. The molecular weight excluding hydrogens is 348 g/mol. The number of thioether (sulfide) groups is 1. The van der Waals surface area contributed by atoms with Gasteiger partial charge in [-0.3, -0.25) is 9.56 Å². The standard InChI is InChI=1S/C18H32N6OS/c1-4-19-16(22-12-13-26-18(2,3)14-22)20-9-7-11-24-17(25)23-10-6-5-8-15(23)21-24/h4-14H2,1-3H3,(H,19,20). The van der Waals surface area contributed by atoms with Crippen LogP contribution >= 0.6 is 11.8 Å². The van der Waals surface area contributed by atoms with Crippen molar-refractivity contribution < 1.29 is 0 Å². The van der Waals surface area contributed by atoms with Gasteiger partial charge in [0.15, 0.2) is 5.96 Å². The number of rotatable bonds is 5. The molecule has 3 rings (SSSR count). The number of hydrogen-bond acceptors (Lipinski definition) is 4. The normalized spacial score (nSPS) is 20.1. The average Bonchev–Trinajstić information content (AvgIpc) is 2.93. The highest BCUT2D eigenvalue weighted by Gasteiger charge is 2.28. The molecular formula is C18H32N6OS. The molecule has 2 aliphatic rings. The first-order chi connectivity index (χ1) is 12.5. The Morgan fingerprint density at radius 1 is 1.35 bits per heavy atom. The Kier molecular flexibility index (Phi) is 6.32. The van der Waals surface area contributed by atoms with Crippen molar-refractivity contribution >= 4 is 17.7 Å². The number of nitrogens with zero attached hydrogens (tertiary/aromatic N) is 5. The predicted octanol–water partition coefficient (Wildman–Crippen LogP) is 1.56. The first-order valence-corrected chi connectivity index (χ1v) is 10.8. The third-order valence-electron chi connectivity index (χ3n) is 4.88. The van der Waals surface area contributed by atoms with E-state index in [4.69, 9.17) is 4.99 Å². The molecule has 7 nitrogen and oxygen atoms in total. The minimum Gasteiger partial charge on any atom is -0.357 e. The first kappa shape index (κ1) is 19.3. The van der Waals surface area contributed by atoms with E-state index in [0.29, 0.717) is 13.1 Å². The maximum absolute atomic E-state index is 12.4. The second kappa shape index (κ2) is 8.50. The number of guanidine groups is 1. The van der Waals surface area contributed by atoms with Gasteiger partial charge in [-0.2, -0.15) is 16.9 Å². The molecule has 0 amide bonds. The smallest absolute Gasteiger partial charge is 0.345 e. The topological polar surface area (TPSA) is 67.5 Å². The van der Waals surface area contributed by atoms with Gasteiger partial charge in [0, 0.05) is 56.2 Å². The average molecular weight is 381 g/mol. The van der Waals surface area contributed by atoms with E-state index in [9.17, 15) is 4.79 Å². The highest BCUT2D eigenvalue weighted by Crippen LogP contribution is 2.29. The molecule has 2 aliphatic heterocycles. The van der Waals surface area contributed by atoms with Crippen LogP contribution in [0.4, 0.5) is 0 Å². The zero-order valence-electron chi connectivity index (χ0n) is 16.3. The minimum absolute atomic E-state index is 0.0467. The van der Waals surface area contributed by atoms with Gasteiger partial charge < -0.3 is 10.2 Å². The second-order valence-electron chi connectivity index (χ2n) is 7.65. The van der Waals surface area contributed by atoms with Gasteiger partial charge in [0.2, 0.25) is 0 Å². The molecule has 8 heteroatoms. The number of nitrogens with one attached hydrogen (secondary N) is 1. The highest BCUT2D eigenvalue weighted by molar-refractivity contribution is 8.00. The van der Waals surface area contributed by atoms with Gasteiger partial charge in [-0.25, -0.2) is 9.48 Å². The summed E-state index contributed by atoms with van der Waals surface area (Å²) in [6.07, 6.45) is 3.97. The molecule has 0 unspecified atom stereocenters. The minimum atomic E-state index is 0.0467. The monoisotopic (exact) mass is 380 g/mol. The number of aliphatic imine (C=N–C) groups is 1. The summed E-state index contributed by atoms with van der Waals surface area (Å²) in [5, 5.41) is 7.92. The maximum Gasteiger partial charge on any atom is 0.345 e. The fraction of sp³-hybridized carbons (Fsp3) is 0.833. The third kappa shape index (κ3) is 4.64. The van der Waals surface area contributed by atoms with Crippen molar-refractivity contribution in [3.63, 3.8) is 0 Å². The van der Waals surface area contributed by atoms with Crippen molar-refractivity contribution in [2.24, 2.45) is 4.99 Å². The molecule has 0 bridgehead atoms. The summed E-state index contributed by atoms with van der Waals surface area (Å²) in [7, 11) is 0. The highest BCUT2D eigenvalue weighted by atomic mass is 32.2. The molecule has 0 aromatic carbocycles. The Balaban J connectivity index is 1.57. The lowest BCUT2D eigenvalue weighted by atomic mass is 10.2. The Labute approximate surface area is 160 Å². The van der Waals surface area contributed by atoms with Crippen LogP contribution in [0, 0.1) is 0 Å². The lowest BCUT2D eigenvalue weighted by Crippen LogP contribution is -2.51. The summed E-state index contributed by atoms with van der Waals surface area (Å²) in [5.41, 5.74) is 0.0467. The molecule has 1 N–H and O–H groups in total. The summed E-state index contributed by atoms with van der Waals surface area (Å²) >= 11 is 2.03. The van der Waals surface area contributed by atoms with Crippen molar-refractivity contribution in [3.8, 4) is 0 Å². The fourth-order valence-corrected chi connectivity index (χ4v) is 4.73. The van der Waals surface area contributed by atoms with Gasteiger partial charge in [0.1, 0.15) is 5.82 Å². The van der Waals surface area contributed by atoms with E-state index in [2.05, 4.69) is 36.1 Å². The lowest BCUT2D eigenvalue weighted by Gasteiger charge is -2.39. The van der Waals surface area contributed by atoms with E-state index < -0.39 is 0 Å². The van der Waals surface area contributed by atoms with Crippen LogP contribution in [0.5, 0.6) is 0 Å². The van der Waals surface area contributed by atoms with Crippen LogP contribution in [0.15, 0.2) is 9.79 Å². The number of fused-ring (bicyclic) bond motifs is 1. The molecule has 26 heavy (non-hydrogen) atoms. The van der Waals surface area contributed by atoms with Gasteiger partial charge in [-0.1, -0.05) is 0 Å². The first-order valence-electron chi connectivity index (χ1n) is 9.84. The summed E-state index contributed by atoms with van der Waals surface area (Å²) in [4.78, 5) is 19.5. The number of aryl methyl sites for hydroxylation is 2. The summed E-state index contributed by atoms with van der Waals surface area (Å²) in [5.74, 6) is 3.08. The third-order valence-corrected chi connectivity index (χ3v) is 6.18. The van der Waals surface area contributed by atoms with Crippen molar-refractivity contribution in [3.05, 3.63) is 16.3 Å². The Hall–Kier alpha value is -1.44. The Morgan fingerprint density at radius 2 is 2.19 bits per heavy atom. The molecule has 0 saturated carbocycles. The van der Waals surface area contributed by atoms with E-state index >= 15 is 0 Å². The van der Waals surface area contributed by atoms with Crippen LogP contribution in [0.1, 0.15) is 45.9 Å². The Bertz CT molecular complexity index is 692. The maximum atomic E-state index is 12.4. The zero-order valence-corrected chi connectivity index (χ0v) is 17.1. The van der Waals surface area contributed by atoms with Crippen LogP contribution < -0.4 is 11.0 Å². The van der Waals surface area contributed by atoms with E-state index in [0.717, 1.165) is 69.4 Å². The Morgan fingerprint density at radius 3 is 2.92 bits per heavy atom. The van der Waals surface area contributed by atoms with Crippen LogP contribution in [-0.2, 0) is 19.5 Å². The van der Waals surface area contributed by atoms with E-state index in [-0.39, 0.29) is 10.4 Å². The van der Waals surface area contributed by atoms with Crippen molar-refractivity contribution in [2.45, 2.75) is 64.3 Å². The van der Waals surface area contributed by atoms with Gasteiger partial charge in [0.25, 0.3) is 0 Å². The molecule has 1 saturated heterocycles. The van der Waals surface area contributed by atoms with Crippen LogP contribution in [-0.4, -0.2) is 61.9 Å². The zero-order chi connectivity index (χ0) is 18.6. The van der Waals surface area contributed by atoms with E-state index in [1.807, 2.05) is 16.3 Å². The molecule has 1 fully saturated rings. The predicted molar refractivity (Wildman–Crippen MR) is 108 cm³/mol. The van der Waals surface area contributed by atoms with Crippen molar-refractivity contribution in [1.82, 2.24) is 24.6 Å². The van der Waals surface area contributed by atoms with Gasteiger partial charge in [-0.15, -0.1) is 0 Å². The van der Waals surface area contributed by atoms with Crippen LogP contribution in [0.25, 0.3) is 0 Å². The molecule has 0 radical (unpaired) electrons. The molecule has 146 valence electrons. The second-order valence-corrected chi connectivity index (χ2v) is 9.45. The van der Waals surface area contributed by atoms with Crippen molar-refractivity contribution in [2.75, 3.05) is 31.9 Å². The molecule has 0 spiro atoms. The van der Waals surface area contributed by atoms with E-state index in [1.54, 1.807) is 4.68 Å². The quantitative estimate of drug-likeness (QED) is 0.477. The lowest BCUT2D eigenvalue weighted by molar-refractivity contribution is 0.375. The van der Waals surface area contributed by atoms with Crippen molar-refractivity contribution in [1.29, 1.82) is 0 Å². The molecule has 3 heterocycles. The number of hydrogen-bond donors (Lipinski definition) is 1. The molecule has 0 aliphatic carbocycles. The van der Waals surface area contributed by atoms with Gasteiger partial charge >= 0.3 is 5.69 Å². The molecule has 1 aromatic heterocycles. The molecule has 0 atom stereocenters. The summed E-state index contributed by atoms with van der Waals surface area (Å²) in [6, 6.07) is 0. The van der Waals surface area contributed by atoms with Crippen LogP contribution in [0.3, 0.4) is 0 Å². The fourth-order valence-electron chi connectivity index (χ4n) is 3.62. The largest absolute Gasteiger partial charge is 0.357 e. The molecule has 1 aromatic rings.